The Kier molecular flexibility index (Phi) is 9.56. The van der Waals surface area contributed by atoms with Gasteiger partial charge in [0.25, 0.3) is 0 Å². The molecule has 6 heteroatoms. The third-order valence-electron chi connectivity index (χ3n) is 6.57. The highest BCUT2D eigenvalue weighted by Crippen LogP contribution is 2.21. The van der Waals surface area contributed by atoms with Crippen LogP contribution in [0.15, 0.2) is 60.7 Å². The van der Waals surface area contributed by atoms with Crippen LogP contribution < -0.4 is 0 Å². The standard InChI is InChI=1S/C28H39N3O3/c1-27(2,19-23-13-9-7-10-14-23)29(5)25(33)21-31(17-18-32)22-26(34)30(6)28(3,4)20-24-15-11-8-12-16-24/h7-16,18H,17,19-22H2,1-6H3. The van der Waals surface area contributed by atoms with Gasteiger partial charge in [0, 0.05) is 25.2 Å². The second-order valence-electron chi connectivity index (χ2n) is 10.2. The number of benzene rings is 2. The van der Waals surface area contributed by atoms with Gasteiger partial charge >= 0.3 is 0 Å². The first kappa shape index (κ1) is 27.3. The van der Waals surface area contributed by atoms with E-state index >= 15 is 0 Å². The Bertz CT molecular complexity index is 868. The van der Waals surface area contributed by atoms with Crippen LogP contribution in [-0.4, -0.2) is 77.6 Å². The van der Waals surface area contributed by atoms with Crippen molar-refractivity contribution in [1.29, 1.82) is 0 Å². The van der Waals surface area contributed by atoms with E-state index in [0.29, 0.717) is 12.8 Å². The van der Waals surface area contributed by atoms with Gasteiger partial charge in [-0.15, -0.1) is 0 Å². The van der Waals surface area contributed by atoms with Gasteiger partial charge in [0.2, 0.25) is 11.8 Å². The van der Waals surface area contributed by atoms with Crippen molar-refractivity contribution >= 4 is 18.1 Å². The van der Waals surface area contributed by atoms with Gasteiger partial charge in [-0.05, 0) is 51.7 Å². The average molecular weight is 466 g/mol. The minimum Gasteiger partial charge on any atom is -0.339 e. The Morgan fingerprint density at radius 2 is 1.06 bits per heavy atom. The van der Waals surface area contributed by atoms with E-state index in [9.17, 15) is 14.4 Å². The molecule has 0 atom stereocenters. The lowest BCUT2D eigenvalue weighted by Crippen LogP contribution is -2.53. The molecule has 2 aromatic carbocycles. The summed E-state index contributed by atoms with van der Waals surface area (Å²) in [7, 11) is 3.56. The normalized spacial score (nSPS) is 11.9. The zero-order valence-electron chi connectivity index (χ0n) is 21.5. The van der Waals surface area contributed by atoms with Crippen LogP contribution in [0.3, 0.4) is 0 Å². The molecule has 2 aromatic rings. The lowest BCUT2D eigenvalue weighted by molar-refractivity contribution is -0.139. The van der Waals surface area contributed by atoms with Crippen LogP contribution >= 0.6 is 0 Å². The molecule has 0 N–H and O–H groups in total. The molecule has 34 heavy (non-hydrogen) atoms. The van der Waals surface area contributed by atoms with Crippen LogP contribution in [0.1, 0.15) is 38.8 Å². The van der Waals surface area contributed by atoms with Gasteiger partial charge in [-0.1, -0.05) is 60.7 Å². The zero-order valence-corrected chi connectivity index (χ0v) is 21.5. The number of hydrogen-bond donors (Lipinski definition) is 0. The number of likely N-dealkylation sites (N-methyl/N-ethyl adjacent to an activating group) is 2. The molecule has 0 heterocycles. The van der Waals surface area contributed by atoms with Gasteiger partial charge < -0.3 is 14.6 Å². The minimum absolute atomic E-state index is 0.00610. The average Bonchev–Trinajstić information content (AvgIpc) is 2.78. The molecule has 2 rings (SSSR count). The Morgan fingerprint density at radius 1 is 0.706 bits per heavy atom. The molecule has 0 aliphatic heterocycles. The molecule has 2 amide bonds. The predicted octanol–water partition coefficient (Wildman–Crippen LogP) is 3.45. The molecular weight excluding hydrogens is 426 g/mol. The van der Waals surface area contributed by atoms with E-state index in [1.165, 1.54) is 0 Å². The van der Waals surface area contributed by atoms with Gasteiger partial charge in [-0.3, -0.25) is 14.5 Å². The first-order valence-corrected chi connectivity index (χ1v) is 11.7. The van der Waals surface area contributed by atoms with Crippen LogP contribution in [0.5, 0.6) is 0 Å². The molecule has 0 aliphatic rings. The number of carbonyl (C=O) groups excluding carboxylic acids is 3. The maximum atomic E-state index is 13.1. The van der Waals surface area contributed by atoms with Gasteiger partial charge in [-0.25, -0.2) is 0 Å². The molecular formula is C28H39N3O3. The van der Waals surface area contributed by atoms with Gasteiger partial charge in [0.05, 0.1) is 19.6 Å². The van der Waals surface area contributed by atoms with E-state index in [-0.39, 0.29) is 31.4 Å². The first-order chi connectivity index (χ1) is 16.0. The lowest BCUT2D eigenvalue weighted by atomic mass is 9.93. The molecule has 0 unspecified atom stereocenters. The van der Waals surface area contributed by atoms with Crippen molar-refractivity contribution in [2.24, 2.45) is 0 Å². The van der Waals surface area contributed by atoms with Crippen LogP contribution in [0, 0.1) is 0 Å². The maximum absolute atomic E-state index is 13.1. The third kappa shape index (κ3) is 7.80. The summed E-state index contributed by atoms with van der Waals surface area (Å²) in [6.07, 6.45) is 2.16. The monoisotopic (exact) mass is 465 g/mol. The number of hydrogen-bond acceptors (Lipinski definition) is 4. The lowest BCUT2D eigenvalue weighted by Gasteiger charge is -2.38. The van der Waals surface area contributed by atoms with Crippen molar-refractivity contribution in [3.8, 4) is 0 Å². The Hall–Kier alpha value is -2.99. The van der Waals surface area contributed by atoms with E-state index in [0.717, 1.165) is 17.4 Å². The highest BCUT2D eigenvalue weighted by Gasteiger charge is 2.31. The highest BCUT2D eigenvalue weighted by molar-refractivity contribution is 5.82. The third-order valence-corrected chi connectivity index (χ3v) is 6.57. The maximum Gasteiger partial charge on any atom is 0.236 e. The SMILES string of the molecule is CN(C(=O)CN(CC=O)CC(=O)N(C)C(C)(C)Cc1ccccc1)C(C)(C)Cc1ccccc1. The van der Waals surface area contributed by atoms with Crippen LogP contribution in [0.4, 0.5) is 0 Å². The summed E-state index contributed by atoms with van der Waals surface area (Å²) in [5.41, 5.74) is 1.47. The molecule has 184 valence electrons. The fourth-order valence-corrected chi connectivity index (χ4v) is 3.99. The molecule has 6 nitrogen and oxygen atoms in total. The number of nitrogens with zero attached hydrogens (tertiary/aromatic N) is 3. The van der Waals surface area contributed by atoms with E-state index in [1.807, 2.05) is 88.4 Å². The zero-order chi connectivity index (χ0) is 25.4. The molecule has 0 saturated carbocycles. The first-order valence-electron chi connectivity index (χ1n) is 11.7. The molecule has 0 fully saturated rings. The number of carbonyl (C=O) groups is 3. The molecule has 0 aliphatic carbocycles. The largest absolute Gasteiger partial charge is 0.339 e. The van der Waals surface area contributed by atoms with Crippen molar-refractivity contribution in [3.05, 3.63) is 71.8 Å². The second-order valence-corrected chi connectivity index (χ2v) is 10.2. The summed E-state index contributed by atoms with van der Waals surface area (Å²) in [5, 5.41) is 0. The second kappa shape index (κ2) is 11.9. The molecule has 0 spiro atoms. The van der Waals surface area contributed by atoms with E-state index in [2.05, 4.69) is 0 Å². The quantitative estimate of drug-likeness (QED) is 0.451. The van der Waals surface area contributed by atoms with Gasteiger partial charge in [-0.2, -0.15) is 0 Å². The number of amides is 2. The Morgan fingerprint density at radius 3 is 1.38 bits per heavy atom. The molecule has 0 radical (unpaired) electrons. The molecule has 0 bridgehead atoms. The van der Waals surface area contributed by atoms with E-state index in [4.69, 9.17) is 0 Å². The van der Waals surface area contributed by atoms with E-state index in [1.54, 1.807) is 28.8 Å². The number of rotatable bonds is 12. The summed E-state index contributed by atoms with van der Waals surface area (Å²) in [5.74, 6) is -0.247. The molecule has 0 aromatic heterocycles. The van der Waals surface area contributed by atoms with Gasteiger partial charge in [0.1, 0.15) is 6.29 Å². The summed E-state index contributed by atoms with van der Waals surface area (Å²) in [6, 6.07) is 20.1. The van der Waals surface area contributed by atoms with Crippen LogP contribution in [-0.2, 0) is 27.2 Å². The van der Waals surface area contributed by atoms with Crippen LogP contribution in [0.2, 0.25) is 0 Å². The van der Waals surface area contributed by atoms with Crippen molar-refractivity contribution in [1.82, 2.24) is 14.7 Å². The van der Waals surface area contributed by atoms with Crippen molar-refractivity contribution in [2.75, 3.05) is 33.7 Å². The summed E-state index contributed by atoms with van der Waals surface area (Å²) in [4.78, 5) is 42.5. The van der Waals surface area contributed by atoms with Crippen molar-refractivity contribution in [3.63, 3.8) is 0 Å². The fourth-order valence-electron chi connectivity index (χ4n) is 3.99. The predicted molar refractivity (Wildman–Crippen MR) is 136 cm³/mol. The van der Waals surface area contributed by atoms with Crippen molar-refractivity contribution < 1.29 is 14.4 Å². The van der Waals surface area contributed by atoms with Crippen LogP contribution in [0.25, 0.3) is 0 Å². The van der Waals surface area contributed by atoms with E-state index < -0.39 is 11.1 Å². The summed E-state index contributed by atoms with van der Waals surface area (Å²) < 4.78 is 0. The van der Waals surface area contributed by atoms with Gasteiger partial charge in [0.15, 0.2) is 0 Å². The smallest absolute Gasteiger partial charge is 0.236 e. The fraction of sp³-hybridized carbons (Fsp3) is 0.464. The topological polar surface area (TPSA) is 60.9 Å². The molecule has 0 saturated heterocycles. The highest BCUT2D eigenvalue weighted by atomic mass is 16.2. The Labute approximate surface area is 204 Å². The summed E-state index contributed by atoms with van der Waals surface area (Å²) >= 11 is 0. The van der Waals surface area contributed by atoms with Crippen molar-refractivity contribution in [2.45, 2.75) is 51.6 Å². The number of aldehydes is 1. The Balaban J connectivity index is 2.02. The minimum atomic E-state index is -0.413. The summed E-state index contributed by atoms with van der Waals surface area (Å²) in [6.45, 7) is 8.12.